The number of carbonyl (C=O) groups is 1. The van der Waals surface area contributed by atoms with Gasteiger partial charge in [-0.3, -0.25) is 4.79 Å². The third-order valence-corrected chi connectivity index (χ3v) is 6.30. The van der Waals surface area contributed by atoms with Crippen molar-refractivity contribution in [3.63, 3.8) is 0 Å². The van der Waals surface area contributed by atoms with Gasteiger partial charge in [-0.25, -0.2) is 0 Å². The van der Waals surface area contributed by atoms with Crippen LogP contribution in [0.15, 0.2) is 24.3 Å². The Morgan fingerprint density at radius 3 is 2.54 bits per heavy atom. The van der Waals surface area contributed by atoms with Crippen molar-refractivity contribution in [2.45, 2.75) is 31.7 Å². The summed E-state index contributed by atoms with van der Waals surface area (Å²) < 4.78 is 10.9. The van der Waals surface area contributed by atoms with Crippen LogP contribution in [0.5, 0.6) is 11.5 Å². The molecule has 0 aliphatic carbocycles. The number of ether oxygens (including phenoxy) is 2. The van der Waals surface area contributed by atoms with Gasteiger partial charge in [0.1, 0.15) is 11.5 Å². The zero-order chi connectivity index (χ0) is 18.2. The minimum absolute atomic E-state index is 0.102. The van der Waals surface area contributed by atoms with Crippen molar-refractivity contribution < 1.29 is 14.3 Å². The van der Waals surface area contributed by atoms with E-state index in [2.05, 4.69) is 9.80 Å². The Morgan fingerprint density at radius 1 is 1.08 bits per heavy atom. The number of nitrogens with zero attached hydrogens (tertiary/aromatic N) is 2. The van der Waals surface area contributed by atoms with Gasteiger partial charge in [-0.05, 0) is 62.4 Å². The minimum atomic E-state index is 0.102. The summed E-state index contributed by atoms with van der Waals surface area (Å²) in [6, 6.07) is 7.68. The van der Waals surface area contributed by atoms with Crippen LogP contribution in [0, 0.1) is 0 Å². The predicted molar refractivity (Wildman–Crippen MR) is 106 cm³/mol. The molecule has 2 fully saturated rings. The highest BCUT2D eigenvalue weighted by atomic mass is 32.2. The molecule has 0 aromatic heterocycles. The molecule has 144 valence electrons. The van der Waals surface area contributed by atoms with Crippen LogP contribution in [0.3, 0.4) is 0 Å². The Bertz CT molecular complexity index is 561. The first-order valence-electron chi connectivity index (χ1n) is 9.62. The summed E-state index contributed by atoms with van der Waals surface area (Å²) in [4.78, 5) is 17.4. The maximum Gasteiger partial charge on any atom is 0.260 e. The smallest absolute Gasteiger partial charge is 0.260 e. The monoisotopic (exact) mass is 378 g/mol. The number of thioether (sulfide) groups is 1. The molecule has 0 bridgehead atoms. The fourth-order valence-electron chi connectivity index (χ4n) is 3.65. The highest BCUT2D eigenvalue weighted by molar-refractivity contribution is 7.99. The Balaban J connectivity index is 1.56. The van der Waals surface area contributed by atoms with Crippen molar-refractivity contribution >= 4 is 17.7 Å². The standard InChI is InChI=1S/C20H30N2O3S/c1-24-18-6-8-19(9-7-18)25-15-20(23)22-12-5-13-26-16-17(22)14-21-10-3-2-4-11-21/h6-9,17H,2-5,10-16H2,1H3. The van der Waals surface area contributed by atoms with E-state index >= 15 is 0 Å². The van der Waals surface area contributed by atoms with Crippen molar-refractivity contribution in [2.24, 2.45) is 0 Å². The SMILES string of the molecule is COc1ccc(OCC(=O)N2CCCSCC2CN2CCCCC2)cc1. The molecule has 1 unspecified atom stereocenters. The number of rotatable bonds is 6. The minimum Gasteiger partial charge on any atom is -0.497 e. The van der Waals surface area contributed by atoms with Crippen molar-refractivity contribution in [3.05, 3.63) is 24.3 Å². The number of benzene rings is 1. The number of carbonyl (C=O) groups excluding carboxylic acids is 1. The molecule has 2 saturated heterocycles. The Morgan fingerprint density at radius 2 is 1.81 bits per heavy atom. The van der Waals surface area contributed by atoms with Gasteiger partial charge in [0, 0.05) is 18.8 Å². The van der Waals surface area contributed by atoms with Crippen LogP contribution in [0.1, 0.15) is 25.7 Å². The van der Waals surface area contributed by atoms with Crippen LogP contribution in [0.2, 0.25) is 0 Å². The number of piperidine rings is 1. The van der Waals surface area contributed by atoms with Gasteiger partial charge >= 0.3 is 0 Å². The summed E-state index contributed by atoms with van der Waals surface area (Å²) in [6.45, 7) is 4.29. The second-order valence-corrected chi connectivity index (χ2v) is 8.14. The third kappa shape index (κ3) is 5.55. The van der Waals surface area contributed by atoms with Crippen molar-refractivity contribution in [1.29, 1.82) is 0 Å². The van der Waals surface area contributed by atoms with Crippen LogP contribution >= 0.6 is 11.8 Å². The fraction of sp³-hybridized carbons (Fsp3) is 0.650. The quantitative estimate of drug-likeness (QED) is 0.761. The van der Waals surface area contributed by atoms with E-state index in [1.807, 2.05) is 36.0 Å². The van der Waals surface area contributed by atoms with Gasteiger partial charge in [0.25, 0.3) is 5.91 Å². The molecule has 2 heterocycles. The molecule has 6 heteroatoms. The number of likely N-dealkylation sites (tertiary alicyclic amines) is 1. The summed E-state index contributed by atoms with van der Waals surface area (Å²) >= 11 is 1.98. The van der Waals surface area contributed by atoms with Crippen LogP contribution in [-0.2, 0) is 4.79 Å². The maximum atomic E-state index is 12.8. The Labute approximate surface area is 161 Å². The predicted octanol–water partition coefficient (Wildman–Crippen LogP) is 2.89. The van der Waals surface area contributed by atoms with E-state index in [1.165, 1.54) is 32.4 Å². The molecule has 3 rings (SSSR count). The molecule has 26 heavy (non-hydrogen) atoms. The average molecular weight is 379 g/mol. The number of methoxy groups -OCH3 is 1. The van der Waals surface area contributed by atoms with E-state index in [9.17, 15) is 4.79 Å². The van der Waals surface area contributed by atoms with E-state index in [4.69, 9.17) is 9.47 Å². The molecule has 0 spiro atoms. The molecule has 0 N–H and O–H groups in total. The van der Waals surface area contributed by atoms with Gasteiger partial charge in [-0.2, -0.15) is 11.8 Å². The van der Waals surface area contributed by atoms with Crippen LogP contribution in [0.25, 0.3) is 0 Å². The average Bonchev–Trinajstić information content (AvgIpc) is 2.93. The summed E-state index contributed by atoms with van der Waals surface area (Å²) in [5, 5.41) is 0. The first-order valence-corrected chi connectivity index (χ1v) is 10.8. The third-order valence-electron chi connectivity index (χ3n) is 5.10. The molecule has 0 radical (unpaired) electrons. The summed E-state index contributed by atoms with van der Waals surface area (Å²) in [7, 11) is 1.64. The first kappa shape index (κ1) is 19.4. The van der Waals surface area contributed by atoms with Crippen molar-refractivity contribution in [2.75, 3.05) is 51.4 Å². The van der Waals surface area contributed by atoms with Crippen molar-refractivity contribution in [1.82, 2.24) is 9.80 Å². The lowest BCUT2D eigenvalue weighted by Crippen LogP contribution is -2.50. The number of hydrogen-bond donors (Lipinski definition) is 0. The molecular formula is C20H30N2O3S. The second kappa shape index (κ2) is 10.1. The Hall–Kier alpha value is -1.40. The van der Waals surface area contributed by atoms with Crippen LogP contribution < -0.4 is 9.47 Å². The van der Waals surface area contributed by atoms with E-state index in [1.54, 1.807) is 7.11 Å². The van der Waals surface area contributed by atoms with Gasteiger partial charge in [0.15, 0.2) is 6.61 Å². The normalized spacial score (nSPS) is 21.9. The molecule has 1 atom stereocenters. The summed E-state index contributed by atoms with van der Waals surface area (Å²) in [5.41, 5.74) is 0. The summed E-state index contributed by atoms with van der Waals surface area (Å²) in [6.07, 6.45) is 4.98. The molecule has 1 aromatic rings. The first-order chi connectivity index (χ1) is 12.8. The zero-order valence-electron chi connectivity index (χ0n) is 15.7. The zero-order valence-corrected chi connectivity index (χ0v) is 16.5. The van der Waals surface area contributed by atoms with Gasteiger partial charge < -0.3 is 19.3 Å². The highest BCUT2D eigenvalue weighted by Crippen LogP contribution is 2.21. The number of hydrogen-bond acceptors (Lipinski definition) is 5. The maximum absolute atomic E-state index is 12.8. The lowest BCUT2D eigenvalue weighted by Gasteiger charge is -2.35. The van der Waals surface area contributed by atoms with E-state index in [0.29, 0.717) is 11.8 Å². The topological polar surface area (TPSA) is 42.0 Å². The molecular weight excluding hydrogens is 348 g/mol. The van der Waals surface area contributed by atoms with Gasteiger partial charge in [0.05, 0.1) is 13.2 Å². The molecule has 1 amide bonds. The Kier molecular flexibility index (Phi) is 7.50. The lowest BCUT2D eigenvalue weighted by atomic mass is 10.1. The van der Waals surface area contributed by atoms with Crippen LogP contribution in [0.4, 0.5) is 0 Å². The molecule has 2 aliphatic rings. The van der Waals surface area contributed by atoms with E-state index in [0.717, 1.165) is 36.8 Å². The van der Waals surface area contributed by atoms with Gasteiger partial charge in [-0.15, -0.1) is 0 Å². The number of amides is 1. The largest absolute Gasteiger partial charge is 0.497 e. The molecule has 5 nitrogen and oxygen atoms in total. The van der Waals surface area contributed by atoms with Crippen molar-refractivity contribution in [3.8, 4) is 11.5 Å². The van der Waals surface area contributed by atoms with E-state index in [-0.39, 0.29) is 12.5 Å². The summed E-state index contributed by atoms with van der Waals surface area (Å²) in [5.74, 6) is 3.76. The van der Waals surface area contributed by atoms with Gasteiger partial charge in [0.2, 0.25) is 0 Å². The van der Waals surface area contributed by atoms with Gasteiger partial charge in [-0.1, -0.05) is 6.42 Å². The lowest BCUT2D eigenvalue weighted by molar-refractivity contribution is -0.135. The van der Waals surface area contributed by atoms with E-state index < -0.39 is 0 Å². The molecule has 0 saturated carbocycles. The molecule has 2 aliphatic heterocycles. The highest BCUT2D eigenvalue weighted by Gasteiger charge is 2.28. The van der Waals surface area contributed by atoms with Crippen LogP contribution in [-0.4, -0.2) is 73.2 Å². The fourth-order valence-corrected chi connectivity index (χ4v) is 4.71. The second-order valence-electron chi connectivity index (χ2n) is 6.99. The molecule has 1 aromatic carbocycles.